The van der Waals surface area contributed by atoms with Crippen LogP contribution < -0.4 is 10.2 Å². The number of fused-ring (bicyclic) bond motifs is 2. The predicted molar refractivity (Wildman–Crippen MR) is 125 cm³/mol. The van der Waals surface area contributed by atoms with E-state index in [2.05, 4.69) is 26.3 Å². The standard InChI is InChI=1S/C25H20F2N6/c26-24-17(7-8-29-25(24)27)16-5-6-20-22(13-16)33(15-30-20)21-14-23(32-11-9-28-10-12-32)31-19-4-2-1-3-18(19)21/h1-8,13-15,28H,9-12H2. The average molecular weight is 442 g/mol. The van der Waals surface area contributed by atoms with Gasteiger partial charge in [-0.3, -0.25) is 4.57 Å². The highest BCUT2D eigenvalue weighted by Gasteiger charge is 2.17. The minimum Gasteiger partial charge on any atom is -0.354 e. The van der Waals surface area contributed by atoms with Crippen molar-refractivity contribution >= 4 is 27.8 Å². The average Bonchev–Trinajstić information content (AvgIpc) is 3.28. The molecule has 5 aromatic rings. The third-order valence-electron chi connectivity index (χ3n) is 6.09. The number of pyridine rings is 2. The van der Waals surface area contributed by atoms with Gasteiger partial charge in [0.25, 0.3) is 0 Å². The maximum absolute atomic E-state index is 14.4. The Morgan fingerprint density at radius 3 is 2.61 bits per heavy atom. The number of nitrogens with zero attached hydrogens (tertiary/aromatic N) is 5. The highest BCUT2D eigenvalue weighted by molar-refractivity contribution is 5.92. The fourth-order valence-electron chi connectivity index (χ4n) is 4.41. The molecule has 0 bridgehead atoms. The molecule has 6 nitrogen and oxygen atoms in total. The van der Waals surface area contributed by atoms with Gasteiger partial charge in [0.05, 0.1) is 22.2 Å². The van der Waals surface area contributed by atoms with E-state index in [1.807, 2.05) is 41.0 Å². The topological polar surface area (TPSA) is 58.9 Å². The Morgan fingerprint density at radius 1 is 0.879 bits per heavy atom. The smallest absolute Gasteiger partial charge is 0.249 e. The summed E-state index contributed by atoms with van der Waals surface area (Å²) in [5, 5.41) is 4.36. The second-order valence-electron chi connectivity index (χ2n) is 8.04. The Labute approximate surface area is 188 Å². The van der Waals surface area contributed by atoms with Crippen molar-refractivity contribution < 1.29 is 8.78 Å². The lowest BCUT2D eigenvalue weighted by Crippen LogP contribution is -2.43. The maximum atomic E-state index is 14.4. The van der Waals surface area contributed by atoms with Crippen LogP contribution >= 0.6 is 0 Å². The molecule has 8 heteroatoms. The van der Waals surface area contributed by atoms with Crippen molar-refractivity contribution in [3.05, 3.63) is 78.9 Å². The number of halogens is 2. The SMILES string of the molecule is Fc1nccc(-c2ccc3ncn(-c4cc(N5CCNCC5)nc5ccccc45)c3c2)c1F. The van der Waals surface area contributed by atoms with Crippen LogP contribution in [0, 0.1) is 11.8 Å². The Balaban J connectivity index is 1.55. The molecule has 0 radical (unpaired) electrons. The lowest BCUT2D eigenvalue weighted by atomic mass is 10.1. The molecule has 1 saturated heterocycles. The molecule has 1 aliphatic rings. The summed E-state index contributed by atoms with van der Waals surface area (Å²) in [6.07, 6.45) is 3.03. The molecule has 0 amide bonds. The molecule has 33 heavy (non-hydrogen) atoms. The van der Waals surface area contributed by atoms with Crippen LogP contribution in [0.3, 0.4) is 0 Å². The number of hydrogen-bond acceptors (Lipinski definition) is 5. The lowest BCUT2D eigenvalue weighted by Gasteiger charge is -2.29. The van der Waals surface area contributed by atoms with E-state index in [9.17, 15) is 8.78 Å². The van der Waals surface area contributed by atoms with E-state index < -0.39 is 11.8 Å². The van der Waals surface area contributed by atoms with Gasteiger partial charge in [0.1, 0.15) is 12.1 Å². The van der Waals surface area contributed by atoms with Gasteiger partial charge in [0.15, 0.2) is 5.82 Å². The van der Waals surface area contributed by atoms with Crippen LogP contribution in [0.25, 0.3) is 38.8 Å². The quantitative estimate of drug-likeness (QED) is 0.422. The molecule has 4 heterocycles. The summed E-state index contributed by atoms with van der Waals surface area (Å²) in [7, 11) is 0. The number of rotatable bonds is 3. The van der Waals surface area contributed by atoms with E-state index in [0.29, 0.717) is 5.56 Å². The molecule has 1 aliphatic heterocycles. The molecular weight excluding hydrogens is 422 g/mol. The monoisotopic (exact) mass is 442 g/mol. The summed E-state index contributed by atoms with van der Waals surface area (Å²) in [6.45, 7) is 3.59. The van der Waals surface area contributed by atoms with Gasteiger partial charge in [-0.2, -0.15) is 4.39 Å². The first-order valence-corrected chi connectivity index (χ1v) is 10.8. The molecule has 164 valence electrons. The molecular formula is C25H20F2N6. The second-order valence-corrected chi connectivity index (χ2v) is 8.04. The van der Waals surface area contributed by atoms with Gasteiger partial charge < -0.3 is 10.2 Å². The van der Waals surface area contributed by atoms with Crippen molar-refractivity contribution in [3.8, 4) is 16.8 Å². The fourth-order valence-corrected chi connectivity index (χ4v) is 4.41. The van der Waals surface area contributed by atoms with Crippen molar-refractivity contribution in [2.45, 2.75) is 0 Å². The zero-order valence-corrected chi connectivity index (χ0v) is 17.7. The molecule has 0 saturated carbocycles. The number of benzene rings is 2. The zero-order valence-electron chi connectivity index (χ0n) is 17.7. The predicted octanol–water partition coefficient (Wildman–Crippen LogP) is 4.32. The van der Waals surface area contributed by atoms with Gasteiger partial charge in [0.2, 0.25) is 5.95 Å². The zero-order chi connectivity index (χ0) is 22.4. The number of hydrogen-bond donors (Lipinski definition) is 1. The highest BCUT2D eigenvalue weighted by atomic mass is 19.2. The Morgan fingerprint density at radius 2 is 1.73 bits per heavy atom. The van der Waals surface area contributed by atoms with E-state index >= 15 is 0 Å². The van der Waals surface area contributed by atoms with Crippen LogP contribution in [0.4, 0.5) is 14.6 Å². The van der Waals surface area contributed by atoms with Gasteiger partial charge in [-0.1, -0.05) is 24.3 Å². The first-order chi connectivity index (χ1) is 16.2. The van der Waals surface area contributed by atoms with E-state index in [0.717, 1.165) is 59.6 Å². The van der Waals surface area contributed by atoms with Gasteiger partial charge in [-0.15, -0.1) is 0 Å². The number of para-hydroxylation sites is 1. The van der Waals surface area contributed by atoms with Crippen LogP contribution in [0.2, 0.25) is 0 Å². The first-order valence-electron chi connectivity index (χ1n) is 10.8. The summed E-state index contributed by atoms with van der Waals surface area (Å²) < 4.78 is 30.2. The minimum atomic E-state index is -1.11. The van der Waals surface area contributed by atoms with E-state index in [1.54, 1.807) is 12.4 Å². The molecule has 3 aromatic heterocycles. The second kappa shape index (κ2) is 7.90. The van der Waals surface area contributed by atoms with Crippen molar-refractivity contribution in [1.29, 1.82) is 0 Å². The molecule has 0 aliphatic carbocycles. The van der Waals surface area contributed by atoms with E-state index in [4.69, 9.17) is 4.98 Å². The van der Waals surface area contributed by atoms with Crippen LogP contribution in [0.15, 0.2) is 67.1 Å². The summed E-state index contributed by atoms with van der Waals surface area (Å²) >= 11 is 0. The van der Waals surface area contributed by atoms with Gasteiger partial charge >= 0.3 is 0 Å². The van der Waals surface area contributed by atoms with Crippen LogP contribution in [0.1, 0.15) is 0 Å². The molecule has 0 unspecified atom stereocenters. The van der Waals surface area contributed by atoms with Crippen molar-refractivity contribution in [1.82, 2.24) is 24.8 Å². The van der Waals surface area contributed by atoms with Gasteiger partial charge in [-0.25, -0.2) is 19.3 Å². The lowest BCUT2D eigenvalue weighted by molar-refractivity contribution is 0.482. The molecule has 1 N–H and O–H groups in total. The number of nitrogens with one attached hydrogen (secondary N) is 1. The number of anilines is 1. The Kier molecular flexibility index (Phi) is 4.73. The van der Waals surface area contributed by atoms with Gasteiger partial charge in [-0.05, 0) is 29.8 Å². The van der Waals surface area contributed by atoms with Crippen molar-refractivity contribution in [2.24, 2.45) is 0 Å². The summed E-state index contributed by atoms with van der Waals surface area (Å²) in [5.74, 6) is -1.16. The highest BCUT2D eigenvalue weighted by Crippen LogP contribution is 2.31. The molecule has 0 spiro atoms. The van der Waals surface area contributed by atoms with E-state index in [-0.39, 0.29) is 5.56 Å². The fraction of sp³-hybridized carbons (Fsp3) is 0.160. The Hall–Kier alpha value is -3.91. The Bertz CT molecular complexity index is 1490. The van der Waals surface area contributed by atoms with Crippen molar-refractivity contribution in [2.75, 3.05) is 31.1 Å². The van der Waals surface area contributed by atoms with Crippen LogP contribution in [-0.2, 0) is 0 Å². The molecule has 2 aromatic carbocycles. The van der Waals surface area contributed by atoms with Crippen molar-refractivity contribution in [3.63, 3.8) is 0 Å². The summed E-state index contributed by atoms with van der Waals surface area (Å²) in [4.78, 5) is 15.1. The normalized spacial score (nSPS) is 14.3. The number of piperazine rings is 1. The van der Waals surface area contributed by atoms with Crippen LogP contribution in [-0.4, -0.2) is 45.7 Å². The minimum absolute atomic E-state index is 0.165. The maximum Gasteiger partial charge on any atom is 0.249 e. The van der Waals surface area contributed by atoms with Crippen LogP contribution in [0.5, 0.6) is 0 Å². The third kappa shape index (κ3) is 3.39. The van der Waals surface area contributed by atoms with E-state index in [1.165, 1.54) is 12.3 Å². The summed E-state index contributed by atoms with van der Waals surface area (Å²) in [5.41, 5.74) is 4.12. The third-order valence-corrected chi connectivity index (χ3v) is 6.09. The largest absolute Gasteiger partial charge is 0.354 e. The molecule has 0 atom stereocenters. The van der Waals surface area contributed by atoms with Gasteiger partial charge in [0, 0.05) is 49.4 Å². The summed E-state index contributed by atoms with van der Waals surface area (Å²) in [6, 6.07) is 17.0. The number of aromatic nitrogens is 4. The molecule has 1 fully saturated rings. The number of imidazole rings is 1. The first kappa shape index (κ1) is 19.8. The molecule has 6 rings (SSSR count).